The van der Waals surface area contributed by atoms with Crippen molar-refractivity contribution < 1.29 is 13.1 Å². The van der Waals surface area contributed by atoms with E-state index in [2.05, 4.69) is 72.1 Å². The van der Waals surface area contributed by atoms with Crippen LogP contribution in [-0.2, 0) is 19.8 Å². The molecule has 0 amide bonds. The Morgan fingerprint density at radius 3 is 1.76 bits per heavy atom. The highest BCUT2D eigenvalue weighted by molar-refractivity contribution is 7.85. The Morgan fingerprint density at radius 1 is 0.931 bits per heavy atom. The van der Waals surface area contributed by atoms with E-state index < -0.39 is 27.6 Å². The lowest BCUT2D eigenvalue weighted by molar-refractivity contribution is -0.0909. The van der Waals surface area contributed by atoms with Gasteiger partial charge in [-0.15, -0.1) is 0 Å². The highest BCUT2D eigenvalue weighted by Gasteiger charge is 2.53. The fraction of sp³-hybridized carbons (Fsp3) is 0.955. The van der Waals surface area contributed by atoms with E-state index in [0.29, 0.717) is 6.42 Å². The van der Waals surface area contributed by atoms with Gasteiger partial charge in [0.05, 0.1) is 16.5 Å². The van der Waals surface area contributed by atoms with Gasteiger partial charge in [0.25, 0.3) is 0 Å². The Kier molecular flexibility index (Phi) is 8.07. The number of nitrogens with zero attached hydrogens (tertiary/aromatic N) is 1. The van der Waals surface area contributed by atoms with Gasteiger partial charge in [0, 0.05) is 25.5 Å². The molecule has 0 N–H and O–H groups in total. The fourth-order valence-electron chi connectivity index (χ4n) is 2.86. The Balaban J connectivity index is 2.97. The Morgan fingerprint density at radius 2 is 1.38 bits per heavy atom. The maximum atomic E-state index is 12.3. The van der Waals surface area contributed by atoms with Crippen LogP contribution in [0.5, 0.6) is 0 Å². The molecule has 0 aromatic heterocycles. The maximum Gasteiger partial charge on any atom is 0.192 e. The summed E-state index contributed by atoms with van der Waals surface area (Å²) >= 11 is 0. The molecule has 0 heterocycles. The molecule has 1 aliphatic rings. The van der Waals surface area contributed by atoms with Crippen LogP contribution >= 0.6 is 0 Å². The summed E-state index contributed by atoms with van der Waals surface area (Å²) in [6.45, 7) is 28.8. The van der Waals surface area contributed by atoms with Crippen LogP contribution in [0.15, 0.2) is 4.40 Å². The van der Waals surface area contributed by atoms with Gasteiger partial charge >= 0.3 is 0 Å². The monoisotopic (exact) mass is 461 g/mol. The zero-order chi connectivity index (χ0) is 23.1. The highest BCUT2D eigenvalue weighted by Crippen LogP contribution is 2.49. The lowest BCUT2D eigenvalue weighted by Gasteiger charge is -2.55. The molecule has 1 fully saturated rings. The molecule has 172 valence electrons. The summed E-state index contributed by atoms with van der Waals surface area (Å²) in [4.78, 5) is 0. The molecule has 4 nitrogen and oxygen atoms in total. The molecule has 1 rings (SSSR count). The molecule has 0 radical (unpaired) electrons. The van der Waals surface area contributed by atoms with Crippen LogP contribution in [0, 0.1) is 0 Å². The molecule has 0 bridgehead atoms. The van der Waals surface area contributed by atoms with Gasteiger partial charge in [-0.3, -0.25) is 0 Å². The third-order valence-corrected chi connectivity index (χ3v) is 17.4. The average molecular weight is 462 g/mol. The fourth-order valence-corrected chi connectivity index (χ4v) is 6.38. The van der Waals surface area contributed by atoms with Gasteiger partial charge in [-0.1, -0.05) is 41.5 Å². The van der Waals surface area contributed by atoms with Crippen LogP contribution in [0.2, 0.25) is 36.3 Å². The summed E-state index contributed by atoms with van der Waals surface area (Å²) < 4.78 is 29.9. The zero-order valence-electron chi connectivity index (χ0n) is 21.4. The van der Waals surface area contributed by atoms with Gasteiger partial charge < -0.3 is 8.85 Å². The molecular formula is C22H47NO3SSi2. The van der Waals surface area contributed by atoms with Crippen molar-refractivity contribution in [2.45, 2.75) is 134 Å². The first-order chi connectivity index (χ1) is 12.6. The molecule has 0 spiro atoms. The molecule has 1 atom stereocenters. The second kappa shape index (κ2) is 8.60. The third-order valence-electron chi connectivity index (χ3n) is 6.90. The Hall–Kier alpha value is 0.174. The van der Waals surface area contributed by atoms with Crippen LogP contribution in [0.25, 0.3) is 0 Å². The first kappa shape index (κ1) is 27.2. The highest BCUT2D eigenvalue weighted by atomic mass is 32.2. The first-order valence-corrected chi connectivity index (χ1v) is 17.9. The standard InChI is InChI=1S/C22H47NO3SSi2/c1-19(2,3)27(24)23-15-14-22(26-29(12,13)21(7,8)9)16-18(17-22)25-28(10,11)20(4,5)6/h15,18H,14,16-17H2,1-13H3/t18?,22?,27-/m1/s1. The van der Waals surface area contributed by atoms with Gasteiger partial charge in [0.1, 0.15) is 11.0 Å². The summed E-state index contributed by atoms with van der Waals surface area (Å²) in [6, 6.07) is 0. The summed E-state index contributed by atoms with van der Waals surface area (Å²) in [7, 11) is -4.95. The van der Waals surface area contributed by atoms with Gasteiger partial charge in [-0.05, 0) is 57.0 Å². The average Bonchev–Trinajstić information content (AvgIpc) is 2.40. The molecule has 7 heteroatoms. The Bertz CT molecular complexity index is 619. The van der Waals surface area contributed by atoms with Crippen molar-refractivity contribution >= 4 is 33.8 Å². The van der Waals surface area contributed by atoms with Crippen molar-refractivity contribution in [1.82, 2.24) is 0 Å². The topological polar surface area (TPSA) is 47.9 Å². The van der Waals surface area contributed by atoms with Crippen LogP contribution < -0.4 is 0 Å². The van der Waals surface area contributed by atoms with Crippen LogP contribution in [0.4, 0.5) is 0 Å². The van der Waals surface area contributed by atoms with Crippen molar-refractivity contribution in [2.24, 2.45) is 4.40 Å². The summed E-state index contributed by atoms with van der Waals surface area (Å²) in [5, 5.41) is 0.355. The minimum absolute atomic E-state index is 0.150. The van der Waals surface area contributed by atoms with Crippen LogP contribution in [-0.4, -0.2) is 43.5 Å². The predicted molar refractivity (Wildman–Crippen MR) is 133 cm³/mol. The molecule has 0 aromatic carbocycles. The van der Waals surface area contributed by atoms with Gasteiger partial charge in [-0.25, -0.2) is 4.21 Å². The lowest BCUT2D eigenvalue weighted by atomic mass is 9.76. The second-order valence-corrected chi connectivity index (χ2v) is 24.2. The number of hydrogen-bond donors (Lipinski definition) is 0. The molecule has 0 aliphatic heterocycles. The van der Waals surface area contributed by atoms with Crippen LogP contribution in [0.1, 0.15) is 81.6 Å². The van der Waals surface area contributed by atoms with Crippen LogP contribution in [0.3, 0.4) is 0 Å². The van der Waals surface area contributed by atoms with Crippen molar-refractivity contribution in [3.8, 4) is 0 Å². The van der Waals surface area contributed by atoms with E-state index in [1.165, 1.54) is 0 Å². The molecule has 0 aromatic rings. The van der Waals surface area contributed by atoms with E-state index in [0.717, 1.165) is 12.8 Å². The quantitative estimate of drug-likeness (QED) is 0.307. The zero-order valence-corrected chi connectivity index (χ0v) is 24.2. The smallest absolute Gasteiger partial charge is 0.192 e. The molecule has 0 unspecified atom stereocenters. The van der Waals surface area contributed by atoms with Crippen molar-refractivity contribution in [2.75, 3.05) is 0 Å². The number of hydrogen-bond acceptors (Lipinski definition) is 3. The van der Waals surface area contributed by atoms with Crippen molar-refractivity contribution in [1.29, 1.82) is 0 Å². The predicted octanol–water partition coefficient (Wildman–Crippen LogP) is 6.85. The van der Waals surface area contributed by atoms with E-state index in [1.807, 2.05) is 27.0 Å². The first-order valence-electron chi connectivity index (χ1n) is 10.9. The summed E-state index contributed by atoms with van der Waals surface area (Å²) in [6.07, 6.45) is 4.61. The Labute approximate surface area is 185 Å². The third kappa shape index (κ3) is 7.09. The molecule has 29 heavy (non-hydrogen) atoms. The maximum absolute atomic E-state index is 12.3. The van der Waals surface area contributed by atoms with E-state index in [-0.39, 0.29) is 26.5 Å². The summed E-state index contributed by atoms with van der Waals surface area (Å²) in [5.74, 6) is 0. The van der Waals surface area contributed by atoms with Crippen molar-refractivity contribution in [3.05, 3.63) is 0 Å². The summed E-state index contributed by atoms with van der Waals surface area (Å²) in [5.41, 5.74) is -0.235. The van der Waals surface area contributed by atoms with E-state index in [9.17, 15) is 4.21 Å². The van der Waals surface area contributed by atoms with E-state index >= 15 is 0 Å². The van der Waals surface area contributed by atoms with Crippen molar-refractivity contribution in [3.63, 3.8) is 0 Å². The SMILES string of the molecule is CC(C)(C)[S@@](=O)N=CCC1(O[Si](C)(C)C(C)(C)C)CC(O[Si](C)(C)C(C)(C)C)C1. The van der Waals surface area contributed by atoms with Gasteiger partial charge in [-0.2, -0.15) is 4.40 Å². The molecule has 0 saturated heterocycles. The minimum atomic E-state index is -1.93. The minimum Gasteiger partial charge on any atom is -0.414 e. The van der Waals surface area contributed by atoms with E-state index in [4.69, 9.17) is 8.85 Å². The molecule has 1 aliphatic carbocycles. The van der Waals surface area contributed by atoms with E-state index in [1.54, 1.807) is 0 Å². The normalized spacial score (nSPS) is 25.9. The molecule has 1 saturated carbocycles. The second-order valence-electron chi connectivity index (χ2n) is 12.8. The number of rotatable bonds is 7. The largest absolute Gasteiger partial charge is 0.414 e. The van der Waals surface area contributed by atoms with Gasteiger partial charge in [0.2, 0.25) is 0 Å². The van der Waals surface area contributed by atoms with Gasteiger partial charge in [0.15, 0.2) is 16.6 Å². The lowest BCUT2D eigenvalue weighted by Crippen LogP contribution is -2.60. The molecular weight excluding hydrogens is 414 g/mol.